The SMILES string of the molecule is CCCNCCNC(=O)CCn1ncc(=O)c2ccccc21.Cl. The van der Waals surface area contributed by atoms with Crippen LogP contribution in [0.4, 0.5) is 0 Å². The molecule has 2 aromatic rings. The fraction of sp³-hybridized carbons (Fsp3) is 0.438. The summed E-state index contributed by atoms with van der Waals surface area (Å²) in [6.07, 6.45) is 2.72. The minimum Gasteiger partial charge on any atom is -0.355 e. The number of aryl methyl sites for hydroxylation is 1. The highest BCUT2D eigenvalue weighted by Gasteiger charge is 2.06. The number of carbonyl (C=O) groups excluding carboxylic acids is 1. The second kappa shape index (κ2) is 9.97. The lowest BCUT2D eigenvalue weighted by Gasteiger charge is -2.09. The monoisotopic (exact) mass is 338 g/mol. The molecule has 0 unspecified atom stereocenters. The summed E-state index contributed by atoms with van der Waals surface area (Å²) in [4.78, 5) is 23.5. The Morgan fingerprint density at radius 1 is 1.22 bits per heavy atom. The average molecular weight is 339 g/mol. The van der Waals surface area contributed by atoms with Crippen LogP contribution in [0, 0.1) is 0 Å². The minimum absolute atomic E-state index is 0. The van der Waals surface area contributed by atoms with E-state index >= 15 is 0 Å². The highest BCUT2D eigenvalue weighted by molar-refractivity contribution is 5.85. The summed E-state index contributed by atoms with van der Waals surface area (Å²) in [5.74, 6) is -0.0112. The lowest BCUT2D eigenvalue weighted by Crippen LogP contribution is -2.32. The van der Waals surface area contributed by atoms with Gasteiger partial charge in [0.05, 0.1) is 18.3 Å². The van der Waals surface area contributed by atoms with Crippen molar-refractivity contribution in [1.82, 2.24) is 20.4 Å². The van der Waals surface area contributed by atoms with Crippen molar-refractivity contribution in [3.8, 4) is 0 Å². The molecule has 6 nitrogen and oxygen atoms in total. The summed E-state index contributed by atoms with van der Waals surface area (Å²) in [5, 5.41) is 10.8. The number of aromatic nitrogens is 2. The second-order valence-corrected chi connectivity index (χ2v) is 5.10. The molecule has 2 N–H and O–H groups in total. The summed E-state index contributed by atoms with van der Waals surface area (Å²) < 4.78 is 1.70. The van der Waals surface area contributed by atoms with Crippen molar-refractivity contribution < 1.29 is 4.79 Å². The Morgan fingerprint density at radius 2 is 2.00 bits per heavy atom. The van der Waals surface area contributed by atoms with Crippen molar-refractivity contribution in [2.75, 3.05) is 19.6 Å². The van der Waals surface area contributed by atoms with Gasteiger partial charge in [0, 0.05) is 24.9 Å². The van der Waals surface area contributed by atoms with Crippen LogP contribution in [0.3, 0.4) is 0 Å². The van der Waals surface area contributed by atoms with Crippen LogP contribution < -0.4 is 16.1 Å². The number of amides is 1. The van der Waals surface area contributed by atoms with E-state index in [2.05, 4.69) is 22.7 Å². The van der Waals surface area contributed by atoms with E-state index < -0.39 is 0 Å². The quantitative estimate of drug-likeness (QED) is 0.712. The third-order valence-electron chi connectivity index (χ3n) is 3.36. The predicted octanol–water partition coefficient (Wildman–Crippen LogP) is 1.32. The van der Waals surface area contributed by atoms with Gasteiger partial charge in [-0.05, 0) is 25.1 Å². The summed E-state index contributed by atoms with van der Waals surface area (Å²) in [7, 11) is 0. The zero-order valence-electron chi connectivity index (χ0n) is 13.2. The zero-order chi connectivity index (χ0) is 15.8. The third kappa shape index (κ3) is 5.65. The van der Waals surface area contributed by atoms with Gasteiger partial charge in [-0.25, -0.2) is 0 Å². The van der Waals surface area contributed by atoms with Gasteiger partial charge < -0.3 is 10.6 Å². The Hall–Kier alpha value is -1.92. The molecule has 0 saturated carbocycles. The van der Waals surface area contributed by atoms with E-state index in [1.807, 2.05) is 18.2 Å². The van der Waals surface area contributed by atoms with Crippen molar-refractivity contribution in [3.05, 3.63) is 40.7 Å². The van der Waals surface area contributed by atoms with E-state index in [1.165, 1.54) is 6.20 Å². The molecule has 0 bridgehead atoms. The number of hydrogen-bond acceptors (Lipinski definition) is 4. The van der Waals surface area contributed by atoms with Crippen LogP contribution in [0.5, 0.6) is 0 Å². The van der Waals surface area contributed by atoms with Gasteiger partial charge in [-0.2, -0.15) is 5.10 Å². The summed E-state index contributed by atoms with van der Waals surface area (Å²) in [6, 6.07) is 7.30. The van der Waals surface area contributed by atoms with E-state index in [9.17, 15) is 9.59 Å². The molecule has 1 aromatic heterocycles. The van der Waals surface area contributed by atoms with Crippen LogP contribution in [-0.2, 0) is 11.3 Å². The Balaban J connectivity index is 0.00000264. The first-order valence-corrected chi connectivity index (χ1v) is 7.64. The first-order chi connectivity index (χ1) is 10.7. The number of rotatable bonds is 8. The number of para-hydroxylation sites is 1. The van der Waals surface area contributed by atoms with Gasteiger partial charge in [0.2, 0.25) is 11.3 Å². The number of nitrogens with zero attached hydrogens (tertiary/aromatic N) is 2. The van der Waals surface area contributed by atoms with Gasteiger partial charge in [0.25, 0.3) is 0 Å². The van der Waals surface area contributed by atoms with Crippen molar-refractivity contribution in [2.45, 2.75) is 26.3 Å². The molecular weight excluding hydrogens is 316 g/mol. The highest BCUT2D eigenvalue weighted by Crippen LogP contribution is 2.08. The number of nitrogens with one attached hydrogen (secondary N) is 2. The first-order valence-electron chi connectivity index (χ1n) is 7.64. The van der Waals surface area contributed by atoms with Crippen LogP contribution in [-0.4, -0.2) is 35.3 Å². The molecule has 1 heterocycles. The molecule has 0 fully saturated rings. The maximum Gasteiger partial charge on any atom is 0.221 e. The van der Waals surface area contributed by atoms with Crippen LogP contribution in [0.1, 0.15) is 19.8 Å². The molecule has 7 heteroatoms. The average Bonchev–Trinajstić information content (AvgIpc) is 2.54. The Labute approximate surface area is 141 Å². The van der Waals surface area contributed by atoms with Gasteiger partial charge in [0.15, 0.2) is 0 Å². The van der Waals surface area contributed by atoms with E-state index in [0.29, 0.717) is 24.9 Å². The topological polar surface area (TPSA) is 76.0 Å². The van der Waals surface area contributed by atoms with Gasteiger partial charge in [0.1, 0.15) is 0 Å². The summed E-state index contributed by atoms with van der Waals surface area (Å²) in [5.41, 5.74) is 0.658. The number of hydrogen-bond donors (Lipinski definition) is 2. The zero-order valence-corrected chi connectivity index (χ0v) is 14.1. The van der Waals surface area contributed by atoms with E-state index in [0.717, 1.165) is 25.0 Å². The predicted molar refractivity (Wildman–Crippen MR) is 94.0 cm³/mol. The molecule has 0 saturated heterocycles. The molecule has 0 aliphatic heterocycles. The lowest BCUT2D eigenvalue weighted by molar-refractivity contribution is -0.121. The van der Waals surface area contributed by atoms with Crippen molar-refractivity contribution in [3.63, 3.8) is 0 Å². The maximum atomic E-state index is 11.8. The Bertz CT molecular complexity index is 687. The van der Waals surface area contributed by atoms with Gasteiger partial charge in [-0.1, -0.05) is 19.1 Å². The molecule has 0 spiro atoms. The molecule has 0 atom stereocenters. The fourth-order valence-electron chi connectivity index (χ4n) is 2.23. The van der Waals surface area contributed by atoms with E-state index in [-0.39, 0.29) is 23.7 Å². The highest BCUT2D eigenvalue weighted by atomic mass is 35.5. The van der Waals surface area contributed by atoms with Crippen molar-refractivity contribution in [2.24, 2.45) is 0 Å². The standard InChI is InChI=1S/C16H22N4O2.ClH/c1-2-8-17-9-10-18-16(22)7-11-20-14-6-4-3-5-13(14)15(21)12-19-20;/h3-6,12,17H,2,7-11H2,1H3,(H,18,22);1H. The molecule has 2 rings (SSSR count). The fourth-order valence-corrected chi connectivity index (χ4v) is 2.23. The maximum absolute atomic E-state index is 11.8. The molecule has 126 valence electrons. The molecule has 1 aromatic carbocycles. The summed E-state index contributed by atoms with van der Waals surface area (Å²) >= 11 is 0. The lowest BCUT2D eigenvalue weighted by atomic mass is 10.2. The van der Waals surface area contributed by atoms with Crippen LogP contribution in [0.2, 0.25) is 0 Å². The number of carbonyl (C=O) groups is 1. The normalized spacial score (nSPS) is 10.3. The Kier molecular flexibility index (Phi) is 8.29. The van der Waals surface area contributed by atoms with Gasteiger partial charge in [-0.15, -0.1) is 12.4 Å². The minimum atomic E-state index is -0.0988. The molecule has 0 radical (unpaired) electrons. The summed E-state index contributed by atoms with van der Waals surface area (Å²) in [6.45, 7) is 4.92. The number of halogens is 1. The van der Waals surface area contributed by atoms with Gasteiger partial charge >= 0.3 is 0 Å². The molecule has 0 aliphatic carbocycles. The van der Waals surface area contributed by atoms with Crippen LogP contribution >= 0.6 is 12.4 Å². The van der Waals surface area contributed by atoms with Gasteiger partial charge in [-0.3, -0.25) is 14.3 Å². The molecular formula is C16H23ClN4O2. The van der Waals surface area contributed by atoms with Crippen LogP contribution in [0.25, 0.3) is 10.9 Å². The first kappa shape index (κ1) is 19.1. The largest absolute Gasteiger partial charge is 0.355 e. The van der Waals surface area contributed by atoms with E-state index in [4.69, 9.17) is 0 Å². The van der Waals surface area contributed by atoms with E-state index in [1.54, 1.807) is 10.7 Å². The van der Waals surface area contributed by atoms with Crippen molar-refractivity contribution in [1.29, 1.82) is 0 Å². The van der Waals surface area contributed by atoms with Crippen LogP contribution in [0.15, 0.2) is 35.3 Å². The Morgan fingerprint density at radius 3 is 2.78 bits per heavy atom. The van der Waals surface area contributed by atoms with Crippen molar-refractivity contribution >= 4 is 29.2 Å². The second-order valence-electron chi connectivity index (χ2n) is 5.10. The number of fused-ring (bicyclic) bond motifs is 1. The smallest absolute Gasteiger partial charge is 0.221 e. The molecule has 1 amide bonds. The third-order valence-corrected chi connectivity index (χ3v) is 3.36. The number of benzene rings is 1. The molecule has 0 aliphatic rings. The molecule has 23 heavy (non-hydrogen) atoms.